The molecule has 0 saturated carbocycles. The van der Waals surface area contributed by atoms with E-state index < -0.39 is 10.7 Å². The first-order chi connectivity index (χ1) is 18.3. The van der Waals surface area contributed by atoms with E-state index in [2.05, 4.69) is 10.6 Å². The molecule has 2 aliphatic rings. The van der Waals surface area contributed by atoms with Gasteiger partial charge in [-0.1, -0.05) is 48.5 Å². The second kappa shape index (κ2) is 10.9. The van der Waals surface area contributed by atoms with E-state index in [1.807, 2.05) is 86.6 Å². The van der Waals surface area contributed by atoms with Gasteiger partial charge in [-0.15, -0.1) is 0 Å². The predicted molar refractivity (Wildman–Crippen MR) is 151 cm³/mol. The average Bonchev–Trinajstić information content (AvgIpc) is 3.29. The molecule has 2 heterocycles. The first-order valence-corrected chi connectivity index (χ1v) is 13.8. The smallest absolute Gasteiger partial charge is 0.291 e. The monoisotopic (exact) mass is 546 g/mol. The minimum absolute atomic E-state index is 0.150. The van der Waals surface area contributed by atoms with Crippen molar-refractivity contribution in [1.82, 2.24) is 9.80 Å². The van der Waals surface area contributed by atoms with Crippen molar-refractivity contribution >= 4 is 57.2 Å². The Morgan fingerprint density at radius 1 is 0.632 bits per heavy atom. The SMILES string of the molecule is Cc1cccc(NC2SC(=O)N(Cc3ccc(CN4C(=O)SC(Nc5cccc(C)c5)C4=O)cc3)C2=O)c1. The Bertz CT molecular complexity index is 1310. The summed E-state index contributed by atoms with van der Waals surface area (Å²) in [4.78, 5) is 53.3. The molecular weight excluding hydrogens is 520 g/mol. The van der Waals surface area contributed by atoms with Gasteiger partial charge in [-0.2, -0.15) is 0 Å². The van der Waals surface area contributed by atoms with Gasteiger partial charge in [-0.3, -0.25) is 29.0 Å². The van der Waals surface area contributed by atoms with Gasteiger partial charge in [0.1, 0.15) is 0 Å². The van der Waals surface area contributed by atoms with Crippen LogP contribution in [-0.2, 0) is 22.7 Å². The number of carbonyl (C=O) groups excluding carboxylic acids is 4. The molecule has 5 rings (SSSR count). The molecule has 3 aromatic rings. The molecule has 2 saturated heterocycles. The summed E-state index contributed by atoms with van der Waals surface area (Å²) in [5, 5.41) is 4.31. The summed E-state index contributed by atoms with van der Waals surface area (Å²) in [5.41, 5.74) is 5.25. The maximum atomic E-state index is 12.9. The Balaban J connectivity index is 1.18. The van der Waals surface area contributed by atoms with Crippen molar-refractivity contribution in [2.75, 3.05) is 10.6 Å². The van der Waals surface area contributed by atoms with Gasteiger partial charge in [0.2, 0.25) is 0 Å². The molecule has 2 N–H and O–H groups in total. The van der Waals surface area contributed by atoms with Crippen LogP contribution in [0.1, 0.15) is 22.3 Å². The number of aryl methyl sites for hydroxylation is 2. The fourth-order valence-corrected chi connectivity index (χ4v) is 6.06. The number of thioether (sulfide) groups is 2. The summed E-state index contributed by atoms with van der Waals surface area (Å²) in [6.07, 6.45) is 0. The molecule has 2 atom stereocenters. The molecule has 0 radical (unpaired) electrons. The number of imide groups is 2. The van der Waals surface area contributed by atoms with Crippen LogP contribution >= 0.6 is 23.5 Å². The molecule has 8 nitrogen and oxygen atoms in total. The van der Waals surface area contributed by atoms with Crippen molar-refractivity contribution < 1.29 is 19.2 Å². The van der Waals surface area contributed by atoms with Crippen molar-refractivity contribution in [3.63, 3.8) is 0 Å². The van der Waals surface area contributed by atoms with Gasteiger partial charge in [0, 0.05) is 11.4 Å². The lowest BCUT2D eigenvalue weighted by Gasteiger charge is -2.17. The molecule has 194 valence electrons. The molecule has 10 heteroatoms. The van der Waals surface area contributed by atoms with Gasteiger partial charge in [0.15, 0.2) is 10.7 Å². The molecule has 2 aliphatic heterocycles. The molecular formula is C28H26N4O4S2. The van der Waals surface area contributed by atoms with Crippen molar-refractivity contribution in [3.05, 3.63) is 95.1 Å². The highest BCUT2D eigenvalue weighted by molar-refractivity contribution is 8.15. The van der Waals surface area contributed by atoms with Crippen LogP contribution in [-0.4, -0.2) is 42.8 Å². The Morgan fingerprint density at radius 3 is 1.39 bits per heavy atom. The third-order valence-electron chi connectivity index (χ3n) is 6.19. The largest absolute Gasteiger partial charge is 0.365 e. The van der Waals surface area contributed by atoms with Gasteiger partial charge < -0.3 is 10.6 Å². The van der Waals surface area contributed by atoms with Crippen LogP contribution in [0.15, 0.2) is 72.8 Å². The molecule has 0 bridgehead atoms. The van der Waals surface area contributed by atoms with E-state index in [0.717, 1.165) is 57.2 Å². The van der Waals surface area contributed by atoms with Gasteiger partial charge in [-0.05, 0) is 83.9 Å². The van der Waals surface area contributed by atoms with Gasteiger partial charge in [0.05, 0.1) is 13.1 Å². The summed E-state index contributed by atoms with van der Waals surface area (Å²) < 4.78 is 0. The van der Waals surface area contributed by atoms with Gasteiger partial charge in [-0.25, -0.2) is 0 Å². The first-order valence-electron chi connectivity index (χ1n) is 12.0. The van der Waals surface area contributed by atoms with Gasteiger partial charge in [0.25, 0.3) is 22.3 Å². The van der Waals surface area contributed by atoms with E-state index in [4.69, 9.17) is 0 Å². The maximum absolute atomic E-state index is 12.9. The van der Waals surface area contributed by atoms with Crippen molar-refractivity contribution in [2.24, 2.45) is 0 Å². The predicted octanol–water partition coefficient (Wildman–Crippen LogP) is 5.57. The molecule has 3 aromatic carbocycles. The van der Waals surface area contributed by atoms with Crippen LogP contribution in [0.3, 0.4) is 0 Å². The highest BCUT2D eigenvalue weighted by atomic mass is 32.2. The van der Waals surface area contributed by atoms with Crippen LogP contribution in [0.25, 0.3) is 0 Å². The lowest BCUT2D eigenvalue weighted by atomic mass is 10.1. The van der Waals surface area contributed by atoms with Crippen molar-refractivity contribution in [1.29, 1.82) is 0 Å². The zero-order chi connectivity index (χ0) is 26.8. The molecule has 0 aromatic heterocycles. The fourth-order valence-electron chi connectivity index (χ4n) is 4.25. The fraction of sp³-hybridized carbons (Fsp3) is 0.214. The number of nitrogens with zero attached hydrogens (tertiary/aromatic N) is 2. The van der Waals surface area contributed by atoms with E-state index in [1.165, 1.54) is 9.80 Å². The van der Waals surface area contributed by atoms with Crippen LogP contribution in [0, 0.1) is 13.8 Å². The van der Waals surface area contributed by atoms with E-state index in [0.29, 0.717) is 0 Å². The van der Waals surface area contributed by atoms with E-state index in [1.54, 1.807) is 0 Å². The number of hydrogen-bond acceptors (Lipinski definition) is 8. The van der Waals surface area contributed by atoms with Crippen molar-refractivity contribution in [2.45, 2.75) is 37.7 Å². The number of anilines is 2. The highest BCUT2D eigenvalue weighted by Crippen LogP contribution is 2.31. The second-order valence-corrected chi connectivity index (χ2v) is 11.3. The normalized spacial score (nSPS) is 19.4. The number of hydrogen-bond donors (Lipinski definition) is 2. The van der Waals surface area contributed by atoms with Crippen molar-refractivity contribution in [3.8, 4) is 0 Å². The zero-order valence-electron chi connectivity index (χ0n) is 20.8. The second-order valence-electron chi connectivity index (χ2n) is 9.22. The number of rotatable bonds is 8. The molecule has 0 spiro atoms. The molecule has 4 amide bonds. The first kappa shape index (κ1) is 25.9. The minimum atomic E-state index is -0.672. The lowest BCUT2D eigenvalue weighted by Crippen LogP contribution is -2.34. The van der Waals surface area contributed by atoms with E-state index >= 15 is 0 Å². The zero-order valence-corrected chi connectivity index (χ0v) is 22.5. The van der Waals surface area contributed by atoms with Crippen LogP contribution in [0.5, 0.6) is 0 Å². The Hall–Kier alpha value is -3.76. The third-order valence-corrected chi connectivity index (χ3v) is 8.15. The third kappa shape index (κ3) is 5.71. The number of benzene rings is 3. The topological polar surface area (TPSA) is 98.8 Å². The Labute approximate surface area is 229 Å². The minimum Gasteiger partial charge on any atom is -0.365 e. The summed E-state index contributed by atoms with van der Waals surface area (Å²) in [5.74, 6) is -0.578. The summed E-state index contributed by atoms with van der Waals surface area (Å²) in [7, 11) is 0. The van der Waals surface area contributed by atoms with Gasteiger partial charge >= 0.3 is 0 Å². The molecule has 2 unspecified atom stereocenters. The molecule has 38 heavy (non-hydrogen) atoms. The number of nitrogens with one attached hydrogen (secondary N) is 2. The maximum Gasteiger partial charge on any atom is 0.291 e. The van der Waals surface area contributed by atoms with E-state index in [-0.39, 0.29) is 35.4 Å². The molecule has 2 fully saturated rings. The van der Waals surface area contributed by atoms with Crippen LogP contribution < -0.4 is 10.6 Å². The summed E-state index contributed by atoms with van der Waals surface area (Å²) in [6, 6.07) is 22.5. The highest BCUT2D eigenvalue weighted by Gasteiger charge is 2.41. The standard InChI is InChI=1S/C28H26N4O4S2/c1-17-5-3-7-21(13-17)29-23-25(33)31(27(35)37-23)15-19-9-11-20(12-10-19)16-32-26(34)24(38-28(32)36)30-22-8-4-6-18(2)14-22/h3-14,23-24,29-30H,15-16H2,1-2H3. The molecule has 0 aliphatic carbocycles. The Morgan fingerprint density at radius 2 is 1.03 bits per heavy atom. The quantitative estimate of drug-likeness (QED) is 0.378. The summed E-state index contributed by atoms with van der Waals surface area (Å²) >= 11 is 1.93. The van der Waals surface area contributed by atoms with E-state index in [9.17, 15) is 19.2 Å². The number of amides is 4. The van der Waals surface area contributed by atoms with Crippen LogP contribution in [0.4, 0.5) is 21.0 Å². The lowest BCUT2D eigenvalue weighted by molar-refractivity contribution is -0.127. The Kier molecular flexibility index (Phi) is 7.44. The van der Waals surface area contributed by atoms with Crippen LogP contribution in [0.2, 0.25) is 0 Å². The number of carbonyl (C=O) groups is 4. The summed E-state index contributed by atoms with van der Waals surface area (Å²) in [6.45, 7) is 4.23. The average molecular weight is 547 g/mol.